The summed E-state index contributed by atoms with van der Waals surface area (Å²) in [6.45, 7) is 1.67. The van der Waals surface area contributed by atoms with Crippen molar-refractivity contribution in [1.29, 1.82) is 0 Å². The maximum absolute atomic E-state index is 6.21. The van der Waals surface area contributed by atoms with Crippen molar-refractivity contribution < 1.29 is 9.47 Å². The van der Waals surface area contributed by atoms with E-state index in [2.05, 4.69) is 22.4 Å². The van der Waals surface area contributed by atoms with Crippen LogP contribution >= 0.6 is 0 Å². The van der Waals surface area contributed by atoms with E-state index >= 15 is 0 Å². The van der Waals surface area contributed by atoms with Crippen molar-refractivity contribution in [2.45, 2.75) is 12.5 Å². The van der Waals surface area contributed by atoms with Crippen LogP contribution in [-0.4, -0.2) is 32.1 Å². The van der Waals surface area contributed by atoms with Crippen LogP contribution < -0.4 is 14.8 Å². The van der Waals surface area contributed by atoms with Gasteiger partial charge in [-0.2, -0.15) is 0 Å². The van der Waals surface area contributed by atoms with Gasteiger partial charge >= 0.3 is 0 Å². The van der Waals surface area contributed by atoms with Crippen molar-refractivity contribution in [3.8, 4) is 11.5 Å². The van der Waals surface area contributed by atoms with E-state index in [0.29, 0.717) is 0 Å². The molecule has 1 atom stereocenters. The van der Waals surface area contributed by atoms with Crippen LogP contribution in [-0.2, 0) is 6.42 Å². The molecule has 4 heteroatoms. The fourth-order valence-electron chi connectivity index (χ4n) is 2.52. The zero-order valence-electron chi connectivity index (χ0n) is 12.7. The van der Waals surface area contributed by atoms with Crippen LogP contribution in [0.25, 0.3) is 0 Å². The van der Waals surface area contributed by atoms with Gasteiger partial charge in [-0.25, -0.2) is 0 Å². The zero-order chi connectivity index (χ0) is 15.2. The fraction of sp³-hybridized carbons (Fsp3) is 0.278. The quantitative estimate of drug-likeness (QED) is 0.891. The molecule has 2 aromatic rings. The molecule has 0 aliphatic carbocycles. The normalized spacial score (nSPS) is 14.9. The van der Waals surface area contributed by atoms with Gasteiger partial charge in [-0.15, -0.1) is 0 Å². The van der Waals surface area contributed by atoms with Crippen LogP contribution in [0.3, 0.4) is 0 Å². The van der Waals surface area contributed by atoms with Crippen LogP contribution in [0.2, 0.25) is 0 Å². The summed E-state index contributed by atoms with van der Waals surface area (Å²) in [6.07, 6.45) is 0.631. The summed E-state index contributed by atoms with van der Waals surface area (Å²) in [5, 5.41) is 3.32. The molecule has 0 spiro atoms. The molecule has 1 aliphatic rings. The number of rotatable bonds is 6. The van der Waals surface area contributed by atoms with E-state index in [1.165, 1.54) is 5.56 Å². The average molecular weight is 296 g/mol. The van der Waals surface area contributed by atoms with E-state index < -0.39 is 0 Å². The van der Waals surface area contributed by atoms with Gasteiger partial charge in [0, 0.05) is 13.0 Å². The maximum Gasteiger partial charge on any atom is 0.162 e. The number of methoxy groups -OCH3 is 1. The second kappa shape index (κ2) is 6.98. The fourth-order valence-corrected chi connectivity index (χ4v) is 2.52. The minimum atomic E-state index is -0.138. The van der Waals surface area contributed by atoms with Crippen LogP contribution in [0.1, 0.15) is 5.56 Å². The van der Waals surface area contributed by atoms with Crippen LogP contribution in [0.4, 0.5) is 0 Å². The molecule has 0 amide bonds. The highest BCUT2D eigenvalue weighted by atomic mass is 16.5. The summed E-state index contributed by atoms with van der Waals surface area (Å²) in [7, 11) is 1.65. The molecule has 0 bridgehead atoms. The van der Waals surface area contributed by atoms with E-state index in [4.69, 9.17) is 9.47 Å². The first-order valence-corrected chi connectivity index (χ1v) is 7.48. The van der Waals surface area contributed by atoms with Gasteiger partial charge in [-0.1, -0.05) is 42.5 Å². The van der Waals surface area contributed by atoms with Crippen molar-refractivity contribution >= 4 is 5.84 Å². The van der Waals surface area contributed by atoms with Crippen molar-refractivity contribution in [1.82, 2.24) is 5.32 Å². The molecular weight excluding hydrogens is 276 g/mol. The molecule has 22 heavy (non-hydrogen) atoms. The monoisotopic (exact) mass is 296 g/mol. The summed E-state index contributed by atoms with van der Waals surface area (Å²) in [4.78, 5) is 4.52. The highest BCUT2D eigenvalue weighted by Crippen LogP contribution is 2.27. The average Bonchev–Trinajstić information content (AvgIpc) is 3.10. The molecule has 1 unspecified atom stereocenters. The maximum atomic E-state index is 6.21. The number of benzene rings is 2. The molecule has 114 valence electrons. The van der Waals surface area contributed by atoms with E-state index in [1.54, 1.807) is 7.11 Å². The first kappa shape index (κ1) is 14.4. The minimum absolute atomic E-state index is 0.138. The lowest BCUT2D eigenvalue weighted by Crippen LogP contribution is -2.37. The summed E-state index contributed by atoms with van der Waals surface area (Å²) in [5.74, 6) is 2.39. The van der Waals surface area contributed by atoms with Crippen molar-refractivity contribution in [2.75, 3.05) is 20.2 Å². The molecule has 4 nitrogen and oxygen atoms in total. The molecule has 0 fully saturated rings. The van der Waals surface area contributed by atoms with Gasteiger partial charge in [0.05, 0.1) is 13.7 Å². The number of nitrogens with zero attached hydrogens (tertiary/aromatic N) is 1. The molecule has 3 rings (SSSR count). The minimum Gasteiger partial charge on any atom is -0.493 e. The Labute approximate surface area is 130 Å². The highest BCUT2D eigenvalue weighted by molar-refractivity contribution is 5.88. The lowest BCUT2D eigenvalue weighted by molar-refractivity contribution is 0.250. The number of nitrogens with one attached hydrogen (secondary N) is 1. The molecule has 0 saturated heterocycles. The third-order valence-corrected chi connectivity index (χ3v) is 3.61. The van der Waals surface area contributed by atoms with Gasteiger partial charge in [-0.3, -0.25) is 4.99 Å². The lowest BCUT2D eigenvalue weighted by Gasteiger charge is -2.21. The zero-order valence-corrected chi connectivity index (χ0v) is 12.7. The predicted octanol–water partition coefficient (Wildman–Crippen LogP) is 2.69. The van der Waals surface area contributed by atoms with E-state index in [9.17, 15) is 0 Å². The summed E-state index contributed by atoms with van der Waals surface area (Å²) >= 11 is 0. The van der Waals surface area contributed by atoms with Gasteiger partial charge in [0.15, 0.2) is 17.6 Å². The first-order chi connectivity index (χ1) is 10.9. The summed E-state index contributed by atoms with van der Waals surface area (Å²) in [5.41, 5.74) is 1.22. The number of hydrogen-bond acceptors (Lipinski definition) is 4. The number of aliphatic imine (C=N–C) groups is 1. The second-order valence-corrected chi connectivity index (χ2v) is 5.14. The molecular formula is C18H20N2O2. The SMILES string of the molecule is COc1ccccc1OC(Cc1ccccc1)C1=NCCN1. The Morgan fingerprint density at radius 1 is 1.05 bits per heavy atom. The van der Waals surface area contributed by atoms with Crippen molar-refractivity contribution in [3.05, 3.63) is 60.2 Å². The smallest absolute Gasteiger partial charge is 0.162 e. The third-order valence-electron chi connectivity index (χ3n) is 3.61. The third kappa shape index (κ3) is 3.39. The van der Waals surface area contributed by atoms with Gasteiger partial charge < -0.3 is 14.8 Å². The first-order valence-electron chi connectivity index (χ1n) is 7.48. The molecule has 0 saturated carbocycles. The molecule has 2 aromatic carbocycles. The standard InChI is InChI=1S/C18H20N2O2/c1-21-15-9-5-6-10-16(15)22-17(18-19-11-12-20-18)13-14-7-3-2-4-8-14/h2-10,17H,11-13H2,1H3,(H,19,20). The van der Waals surface area contributed by atoms with E-state index in [0.717, 1.165) is 36.8 Å². The van der Waals surface area contributed by atoms with E-state index in [-0.39, 0.29) is 6.10 Å². The topological polar surface area (TPSA) is 42.9 Å². The molecule has 0 radical (unpaired) electrons. The van der Waals surface area contributed by atoms with Gasteiger partial charge in [-0.05, 0) is 17.7 Å². The molecule has 1 heterocycles. The Morgan fingerprint density at radius 2 is 1.77 bits per heavy atom. The Bertz CT molecular complexity index is 641. The molecule has 1 aliphatic heterocycles. The number of para-hydroxylation sites is 2. The lowest BCUT2D eigenvalue weighted by atomic mass is 10.1. The largest absolute Gasteiger partial charge is 0.493 e. The highest BCUT2D eigenvalue weighted by Gasteiger charge is 2.22. The second-order valence-electron chi connectivity index (χ2n) is 5.14. The van der Waals surface area contributed by atoms with Gasteiger partial charge in [0.25, 0.3) is 0 Å². The number of amidine groups is 1. The van der Waals surface area contributed by atoms with Crippen LogP contribution in [0.15, 0.2) is 59.6 Å². The number of ether oxygens (including phenoxy) is 2. The van der Waals surface area contributed by atoms with Crippen molar-refractivity contribution in [3.63, 3.8) is 0 Å². The Kier molecular flexibility index (Phi) is 4.59. The summed E-state index contributed by atoms with van der Waals surface area (Å²) in [6, 6.07) is 18.0. The predicted molar refractivity (Wildman–Crippen MR) is 87.9 cm³/mol. The van der Waals surface area contributed by atoms with Gasteiger partial charge in [0.2, 0.25) is 0 Å². The molecule has 0 aromatic heterocycles. The van der Waals surface area contributed by atoms with Gasteiger partial charge in [0.1, 0.15) is 5.84 Å². The Hall–Kier alpha value is -2.49. The van der Waals surface area contributed by atoms with E-state index in [1.807, 2.05) is 42.5 Å². The Balaban J connectivity index is 1.82. The van der Waals surface area contributed by atoms with Crippen LogP contribution in [0, 0.1) is 0 Å². The Morgan fingerprint density at radius 3 is 2.45 bits per heavy atom. The van der Waals surface area contributed by atoms with Crippen LogP contribution in [0.5, 0.6) is 11.5 Å². The summed E-state index contributed by atoms with van der Waals surface area (Å²) < 4.78 is 11.6. The molecule has 1 N–H and O–H groups in total. The number of hydrogen-bond donors (Lipinski definition) is 1. The van der Waals surface area contributed by atoms with Crippen molar-refractivity contribution in [2.24, 2.45) is 4.99 Å².